The molecule has 5 nitrogen and oxygen atoms in total. The standard InChI is InChI=1S/C24H29N3O2/c1-6-16(3)26(17(4)7-2)23(28)19-12-14-20(15-13-19)27-18(5)25-22-11-9-8-10-21(22)24(27)29/h8-17H,6-7H2,1-5H3/t16-,17+. The molecule has 1 heterocycles. The number of para-hydroxylation sites is 1. The molecule has 1 amide bonds. The van der Waals surface area contributed by atoms with Crippen molar-refractivity contribution in [3.63, 3.8) is 0 Å². The maximum Gasteiger partial charge on any atom is 0.265 e. The van der Waals surface area contributed by atoms with E-state index in [1.807, 2.05) is 42.2 Å². The van der Waals surface area contributed by atoms with Crippen molar-refractivity contribution in [2.45, 2.75) is 59.5 Å². The highest BCUT2D eigenvalue weighted by atomic mass is 16.2. The van der Waals surface area contributed by atoms with Crippen LogP contribution in [0.1, 0.15) is 56.7 Å². The van der Waals surface area contributed by atoms with E-state index in [0.29, 0.717) is 28.0 Å². The number of carbonyl (C=O) groups excluding carboxylic acids is 1. The Labute approximate surface area is 172 Å². The first-order valence-corrected chi connectivity index (χ1v) is 10.3. The molecule has 0 aliphatic carbocycles. The number of amides is 1. The number of carbonyl (C=O) groups is 1. The second kappa shape index (κ2) is 8.60. The molecule has 152 valence electrons. The summed E-state index contributed by atoms with van der Waals surface area (Å²) >= 11 is 0. The van der Waals surface area contributed by atoms with Crippen molar-refractivity contribution >= 4 is 16.8 Å². The Morgan fingerprint density at radius 1 is 1.00 bits per heavy atom. The van der Waals surface area contributed by atoms with E-state index < -0.39 is 0 Å². The van der Waals surface area contributed by atoms with Crippen molar-refractivity contribution in [3.8, 4) is 5.69 Å². The van der Waals surface area contributed by atoms with Crippen LogP contribution in [0.25, 0.3) is 16.6 Å². The normalized spacial score (nSPS) is 13.3. The first-order valence-electron chi connectivity index (χ1n) is 10.3. The Balaban J connectivity index is 2.00. The zero-order valence-electron chi connectivity index (χ0n) is 17.8. The van der Waals surface area contributed by atoms with E-state index in [9.17, 15) is 9.59 Å². The molecule has 2 atom stereocenters. The molecule has 0 saturated heterocycles. The van der Waals surface area contributed by atoms with Gasteiger partial charge in [0.05, 0.1) is 16.6 Å². The molecule has 0 radical (unpaired) electrons. The second-order valence-electron chi connectivity index (χ2n) is 7.59. The summed E-state index contributed by atoms with van der Waals surface area (Å²) in [5.74, 6) is 0.648. The van der Waals surface area contributed by atoms with Crippen LogP contribution in [0.4, 0.5) is 0 Å². The number of nitrogens with zero attached hydrogens (tertiary/aromatic N) is 3. The van der Waals surface area contributed by atoms with Crippen molar-refractivity contribution in [2.24, 2.45) is 0 Å². The molecule has 0 fully saturated rings. The molecule has 0 spiro atoms. The van der Waals surface area contributed by atoms with Crippen LogP contribution in [0.5, 0.6) is 0 Å². The number of aromatic nitrogens is 2. The summed E-state index contributed by atoms with van der Waals surface area (Å²) in [4.78, 5) is 32.6. The largest absolute Gasteiger partial charge is 0.333 e. The summed E-state index contributed by atoms with van der Waals surface area (Å²) < 4.78 is 1.59. The molecule has 0 aliphatic heterocycles. The third kappa shape index (κ3) is 3.95. The molecule has 0 unspecified atom stereocenters. The summed E-state index contributed by atoms with van der Waals surface area (Å²) in [5.41, 5.74) is 1.93. The minimum absolute atomic E-state index is 0.0287. The van der Waals surface area contributed by atoms with Gasteiger partial charge in [0.1, 0.15) is 5.82 Å². The topological polar surface area (TPSA) is 55.2 Å². The Morgan fingerprint density at radius 3 is 2.17 bits per heavy atom. The molecule has 1 aromatic heterocycles. The van der Waals surface area contributed by atoms with Crippen LogP contribution in [0, 0.1) is 6.92 Å². The molecule has 0 saturated carbocycles. The summed E-state index contributed by atoms with van der Waals surface area (Å²) in [5, 5.41) is 0.581. The number of aryl methyl sites for hydroxylation is 1. The highest BCUT2D eigenvalue weighted by Gasteiger charge is 2.24. The molecule has 3 aromatic rings. The molecule has 0 N–H and O–H groups in total. The van der Waals surface area contributed by atoms with Crippen LogP contribution >= 0.6 is 0 Å². The predicted molar refractivity (Wildman–Crippen MR) is 118 cm³/mol. The van der Waals surface area contributed by atoms with Gasteiger partial charge in [-0.25, -0.2) is 4.98 Å². The van der Waals surface area contributed by atoms with Gasteiger partial charge >= 0.3 is 0 Å². The Kier molecular flexibility index (Phi) is 6.16. The lowest BCUT2D eigenvalue weighted by atomic mass is 10.1. The fourth-order valence-corrected chi connectivity index (χ4v) is 3.68. The second-order valence-corrected chi connectivity index (χ2v) is 7.59. The van der Waals surface area contributed by atoms with E-state index in [-0.39, 0.29) is 23.6 Å². The molecule has 0 aliphatic rings. The van der Waals surface area contributed by atoms with E-state index in [1.54, 1.807) is 22.8 Å². The fraction of sp³-hybridized carbons (Fsp3) is 0.375. The fourth-order valence-electron chi connectivity index (χ4n) is 3.68. The van der Waals surface area contributed by atoms with Gasteiger partial charge in [-0.05, 0) is 70.0 Å². The minimum Gasteiger partial charge on any atom is -0.333 e. The van der Waals surface area contributed by atoms with Gasteiger partial charge in [0.15, 0.2) is 0 Å². The zero-order valence-corrected chi connectivity index (χ0v) is 17.8. The molecule has 2 aromatic carbocycles. The number of rotatable bonds is 6. The zero-order chi connectivity index (χ0) is 21.1. The summed E-state index contributed by atoms with van der Waals surface area (Å²) in [6.45, 7) is 10.2. The van der Waals surface area contributed by atoms with Crippen LogP contribution in [-0.2, 0) is 0 Å². The van der Waals surface area contributed by atoms with E-state index in [2.05, 4.69) is 32.7 Å². The predicted octanol–water partition coefficient (Wildman–Crippen LogP) is 4.73. The average molecular weight is 392 g/mol. The Hall–Kier alpha value is -2.95. The third-order valence-corrected chi connectivity index (χ3v) is 5.68. The van der Waals surface area contributed by atoms with Gasteiger partial charge in [-0.3, -0.25) is 14.2 Å². The smallest absolute Gasteiger partial charge is 0.265 e. The highest BCUT2D eigenvalue weighted by Crippen LogP contribution is 2.19. The number of fused-ring (bicyclic) bond motifs is 1. The van der Waals surface area contributed by atoms with Crippen molar-refractivity contribution in [1.82, 2.24) is 14.5 Å². The Morgan fingerprint density at radius 2 is 1.59 bits per heavy atom. The molecule has 3 rings (SSSR count). The van der Waals surface area contributed by atoms with Crippen molar-refractivity contribution in [3.05, 3.63) is 70.3 Å². The maximum absolute atomic E-state index is 13.1. The molecule has 5 heteroatoms. The van der Waals surface area contributed by atoms with Gasteiger partial charge in [0, 0.05) is 17.6 Å². The van der Waals surface area contributed by atoms with Crippen LogP contribution < -0.4 is 5.56 Å². The van der Waals surface area contributed by atoms with Gasteiger partial charge in [-0.1, -0.05) is 26.0 Å². The van der Waals surface area contributed by atoms with Crippen molar-refractivity contribution < 1.29 is 4.79 Å². The average Bonchev–Trinajstić information content (AvgIpc) is 2.74. The number of hydrogen-bond donors (Lipinski definition) is 0. The third-order valence-electron chi connectivity index (χ3n) is 5.68. The maximum atomic E-state index is 13.1. The van der Waals surface area contributed by atoms with Gasteiger partial charge < -0.3 is 4.90 Å². The van der Waals surface area contributed by atoms with Gasteiger partial charge in [-0.15, -0.1) is 0 Å². The van der Waals surface area contributed by atoms with E-state index in [4.69, 9.17) is 0 Å². The highest BCUT2D eigenvalue weighted by molar-refractivity contribution is 5.94. The number of hydrogen-bond acceptors (Lipinski definition) is 3. The lowest BCUT2D eigenvalue weighted by Crippen LogP contribution is -2.44. The summed E-state index contributed by atoms with van der Waals surface area (Å²) in [7, 11) is 0. The van der Waals surface area contributed by atoms with Gasteiger partial charge in [0.2, 0.25) is 0 Å². The SMILES string of the molecule is CC[C@@H](C)N(C(=O)c1ccc(-n2c(C)nc3ccccc3c2=O)cc1)[C@@H](C)CC. The summed E-state index contributed by atoms with van der Waals surface area (Å²) in [6.07, 6.45) is 1.82. The molecular formula is C24H29N3O2. The quantitative estimate of drug-likeness (QED) is 0.610. The lowest BCUT2D eigenvalue weighted by molar-refractivity contribution is 0.0598. The van der Waals surface area contributed by atoms with Crippen LogP contribution in [-0.4, -0.2) is 32.4 Å². The Bertz CT molecular complexity index is 1060. The summed E-state index contributed by atoms with van der Waals surface area (Å²) in [6, 6.07) is 14.9. The van der Waals surface area contributed by atoms with Crippen molar-refractivity contribution in [1.29, 1.82) is 0 Å². The lowest BCUT2D eigenvalue weighted by Gasteiger charge is -2.34. The first-order chi connectivity index (χ1) is 13.9. The van der Waals surface area contributed by atoms with Crippen LogP contribution in [0.2, 0.25) is 0 Å². The monoisotopic (exact) mass is 391 g/mol. The minimum atomic E-state index is -0.104. The first kappa shape index (κ1) is 20.8. The van der Waals surface area contributed by atoms with Gasteiger partial charge in [0.25, 0.3) is 11.5 Å². The molecule has 0 bridgehead atoms. The van der Waals surface area contributed by atoms with Gasteiger partial charge in [-0.2, -0.15) is 0 Å². The van der Waals surface area contributed by atoms with E-state index in [1.165, 1.54) is 0 Å². The van der Waals surface area contributed by atoms with E-state index in [0.717, 1.165) is 12.8 Å². The van der Waals surface area contributed by atoms with E-state index >= 15 is 0 Å². The molecule has 29 heavy (non-hydrogen) atoms. The van der Waals surface area contributed by atoms with Crippen molar-refractivity contribution in [2.75, 3.05) is 0 Å². The van der Waals surface area contributed by atoms with Crippen LogP contribution in [0.3, 0.4) is 0 Å². The molecular weight excluding hydrogens is 362 g/mol. The van der Waals surface area contributed by atoms with Crippen LogP contribution in [0.15, 0.2) is 53.3 Å². The number of benzene rings is 2.